The third kappa shape index (κ3) is 6.72. The van der Waals surface area contributed by atoms with Crippen molar-refractivity contribution in [2.75, 3.05) is 7.11 Å². The topological polar surface area (TPSA) is 30.3 Å². The number of rotatable bonds is 12. The first kappa shape index (κ1) is 28.2. The van der Waals surface area contributed by atoms with Crippen molar-refractivity contribution in [2.24, 2.45) is 0 Å². The molecule has 0 saturated heterocycles. The molecule has 41 heavy (non-hydrogen) atoms. The van der Waals surface area contributed by atoms with Crippen LogP contribution in [-0.2, 0) is 26.2 Å². The van der Waals surface area contributed by atoms with Gasteiger partial charge in [0.1, 0.15) is 23.2 Å². The van der Waals surface area contributed by atoms with E-state index in [-0.39, 0.29) is 12.1 Å². The minimum absolute atomic E-state index is 0.0604. The van der Waals surface area contributed by atoms with Crippen LogP contribution in [0.4, 0.5) is 8.78 Å². The maximum atomic E-state index is 14.9. The van der Waals surface area contributed by atoms with Crippen LogP contribution in [0.25, 0.3) is 22.6 Å². The quantitative estimate of drug-likeness (QED) is 0.156. The highest BCUT2D eigenvalue weighted by molar-refractivity contribution is 5.68. The van der Waals surface area contributed by atoms with Gasteiger partial charge in [0.25, 0.3) is 0 Å². The van der Waals surface area contributed by atoms with E-state index in [4.69, 9.17) is 9.72 Å². The molecule has 0 N–H and O–H groups in total. The SMILES string of the molecule is CCCCn1c(-c2ccccc2)nc(-c2ccccc2)c1CN(Cc1ccc(OC)cc1)Cc1c(F)cccc1F. The number of halogens is 2. The highest BCUT2D eigenvalue weighted by Gasteiger charge is 2.23. The molecule has 210 valence electrons. The summed E-state index contributed by atoms with van der Waals surface area (Å²) >= 11 is 0. The predicted octanol–water partition coefficient (Wildman–Crippen LogP) is 8.51. The summed E-state index contributed by atoms with van der Waals surface area (Å²) in [5, 5.41) is 0. The Morgan fingerprint density at radius 2 is 1.37 bits per heavy atom. The first-order valence-electron chi connectivity index (χ1n) is 14.1. The van der Waals surface area contributed by atoms with Gasteiger partial charge in [0.05, 0.1) is 18.5 Å². The molecule has 0 spiro atoms. The summed E-state index contributed by atoms with van der Waals surface area (Å²) in [6, 6.07) is 32.2. The maximum Gasteiger partial charge on any atom is 0.140 e. The number of aromatic nitrogens is 2. The summed E-state index contributed by atoms with van der Waals surface area (Å²) in [5.74, 6) is 0.571. The van der Waals surface area contributed by atoms with Gasteiger partial charge in [-0.25, -0.2) is 13.8 Å². The van der Waals surface area contributed by atoms with E-state index in [9.17, 15) is 8.78 Å². The molecule has 4 nitrogen and oxygen atoms in total. The van der Waals surface area contributed by atoms with E-state index in [1.54, 1.807) is 7.11 Å². The lowest BCUT2D eigenvalue weighted by molar-refractivity contribution is 0.234. The van der Waals surface area contributed by atoms with E-state index in [1.165, 1.54) is 18.2 Å². The van der Waals surface area contributed by atoms with Crippen LogP contribution in [-0.4, -0.2) is 21.6 Å². The van der Waals surface area contributed by atoms with Crippen molar-refractivity contribution >= 4 is 0 Å². The summed E-state index contributed by atoms with van der Waals surface area (Å²) in [6.45, 7) is 4.02. The standard InChI is InChI=1S/C35H35F2N3O/c1-3-4-22-40-33(34(27-12-7-5-8-13-27)38-35(40)28-14-9-6-10-15-28)25-39(23-26-18-20-29(41-2)21-19-26)24-30-31(36)16-11-17-32(30)37/h5-21H,3-4,22-25H2,1-2H3. The molecule has 0 saturated carbocycles. The summed E-state index contributed by atoms with van der Waals surface area (Å²) in [6.07, 6.45) is 2.01. The molecule has 5 aromatic rings. The smallest absolute Gasteiger partial charge is 0.140 e. The van der Waals surface area contributed by atoms with E-state index in [0.29, 0.717) is 13.1 Å². The third-order valence-corrected chi connectivity index (χ3v) is 7.27. The number of unbranched alkanes of at least 4 members (excludes halogenated alkanes) is 1. The van der Waals surface area contributed by atoms with Gasteiger partial charge < -0.3 is 9.30 Å². The minimum atomic E-state index is -0.544. The first-order chi connectivity index (χ1) is 20.1. The fourth-order valence-corrected chi connectivity index (χ4v) is 5.11. The summed E-state index contributed by atoms with van der Waals surface area (Å²) < 4.78 is 37.4. The molecule has 0 atom stereocenters. The van der Waals surface area contributed by atoms with Gasteiger partial charge >= 0.3 is 0 Å². The molecule has 5 rings (SSSR count). The van der Waals surface area contributed by atoms with Gasteiger partial charge in [0, 0.05) is 42.9 Å². The molecule has 1 heterocycles. The average molecular weight is 552 g/mol. The molecule has 0 aliphatic rings. The Hall–Kier alpha value is -4.29. The first-order valence-corrected chi connectivity index (χ1v) is 14.1. The number of hydrogen-bond acceptors (Lipinski definition) is 3. The molecule has 1 aromatic heterocycles. The van der Waals surface area contributed by atoms with Crippen LogP contribution >= 0.6 is 0 Å². The van der Waals surface area contributed by atoms with E-state index < -0.39 is 11.6 Å². The Balaban J connectivity index is 1.62. The van der Waals surface area contributed by atoms with E-state index in [1.807, 2.05) is 60.7 Å². The summed E-state index contributed by atoms with van der Waals surface area (Å²) in [4.78, 5) is 7.29. The Morgan fingerprint density at radius 3 is 1.98 bits per heavy atom. The Labute approximate surface area is 240 Å². The fourth-order valence-electron chi connectivity index (χ4n) is 5.11. The van der Waals surface area contributed by atoms with E-state index in [0.717, 1.165) is 59.0 Å². The molecular weight excluding hydrogens is 516 g/mol. The zero-order valence-corrected chi connectivity index (χ0v) is 23.6. The average Bonchev–Trinajstić information content (AvgIpc) is 3.36. The molecule has 0 bridgehead atoms. The van der Waals surface area contributed by atoms with E-state index >= 15 is 0 Å². The van der Waals surface area contributed by atoms with Crippen molar-refractivity contribution in [2.45, 2.75) is 45.9 Å². The number of benzene rings is 4. The monoisotopic (exact) mass is 551 g/mol. The second kappa shape index (κ2) is 13.4. The Bertz CT molecular complexity index is 1530. The molecule has 0 aliphatic carbocycles. The molecule has 0 fully saturated rings. The molecule has 0 radical (unpaired) electrons. The van der Waals surface area contributed by atoms with Gasteiger partial charge in [-0.2, -0.15) is 0 Å². The van der Waals surface area contributed by atoms with E-state index in [2.05, 4.69) is 40.7 Å². The highest BCUT2D eigenvalue weighted by atomic mass is 19.1. The Morgan fingerprint density at radius 1 is 0.732 bits per heavy atom. The van der Waals surface area contributed by atoms with Gasteiger partial charge in [-0.15, -0.1) is 0 Å². The summed E-state index contributed by atoms with van der Waals surface area (Å²) in [7, 11) is 1.63. The Kier molecular flexibility index (Phi) is 9.22. The lowest BCUT2D eigenvalue weighted by Crippen LogP contribution is -2.25. The number of hydrogen-bond donors (Lipinski definition) is 0. The van der Waals surface area contributed by atoms with Crippen LogP contribution < -0.4 is 4.74 Å². The molecule has 0 amide bonds. The van der Waals surface area contributed by atoms with Crippen molar-refractivity contribution in [3.63, 3.8) is 0 Å². The van der Waals surface area contributed by atoms with Crippen molar-refractivity contribution in [1.82, 2.24) is 14.5 Å². The molecular formula is C35H35F2N3O. The van der Waals surface area contributed by atoms with Crippen molar-refractivity contribution in [3.8, 4) is 28.4 Å². The second-order valence-electron chi connectivity index (χ2n) is 10.2. The van der Waals surface area contributed by atoms with Crippen LogP contribution in [0.5, 0.6) is 5.75 Å². The van der Waals surface area contributed by atoms with Gasteiger partial charge in [-0.05, 0) is 36.2 Å². The second-order valence-corrected chi connectivity index (χ2v) is 10.2. The van der Waals surface area contributed by atoms with Gasteiger partial charge in [0.15, 0.2) is 0 Å². The number of nitrogens with zero attached hydrogens (tertiary/aromatic N) is 3. The summed E-state index contributed by atoms with van der Waals surface area (Å²) in [5.41, 5.74) is 5.03. The number of ether oxygens (including phenoxy) is 1. The molecule has 4 aromatic carbocycles. The van der Waals surface area contributed by atoms with Gasteiger partial charge in [-0.1, -0.05) is 92.2 Å². The van der Waals surface area contributed by atoms with Crippen molar-refractivity contribution < 1.29 is 13.5 Å². The molecule has 0 aliphatic heterocycles. The van der Waals surface area contributed by atoms with Crippen LogP contribution in [0.1, 0.15) is 36.6 Å². The largest absolute Gasteiger partial charge is 0.497 e. The molecule has 0 unspecified atom stereocenters. The predicted molar refractivity (Wildman–Crippen MR) is 160 cm³/mol. The van der Waals surface area contributed by atoms with Gasteiger partial charge in [0.2, 0.25) is 0 Å². The number of methoxy groups -OCH3 is 1. The fraction of sp³-hybridized carbons (Fsp3) is 0.229. The lowest BCUT2D eigenvalue weighted by Gasteiger charge is -2.25. The minimum Gasteiger partial charge on any atom is -0.497 e. The van der Waals surface area contributed by atoms with Crippen LogP contribution in [0.2, 0.25) is 0 Å². The van der Waals surface area contributed by atoms with Gasteiger partial charge in [-0.3, -0.25) is 4.90 Å². The zero-order valence-electron chi connectivity index (χ0n) is 23.6. The molecule has 6 heteroatoms. The van der Waals surface area contributed by atoms with Crippen molar-refractivity contribution in [1.29, 1.82) is 0 Å². The van der Waals surface area contributed by atoms with Crippen LogP contribution in [0.15, 0.2) is 103 Å². The number of imidazole rings is 1. The van der Waals surface area contributed by atoms with Crippen LogP contribution in [0.3, 0.4) is 0 Å². The lowest BCUT2D eigenvalue weighted by atomic mass is 10.1. The van der Waals surface area contributed by atoms with Crippen molar-refractivity contribution in [3.05, 3.63) is 132 Å². The highest BCUT2D eigenvalue weighted by Crippen LogP contribution is 2.32. The third-order valence-electron chi connectivity index (χ3n) is 7.27. The van der Waals surface area contributed by atoms with Crippen LogP contribution in [0, 0.1) is 11.6 Å². The maximum absolute atomic E-state index is 14.9. The zero-order chi connectivity index (χ0) is 28.6. The normalized spacial score (nSPS) is 11.2.